The Kier molecular flexibility index (Phi) is 8.57. The van der Waals surface area contributed by atoms with Gasteiger partial charge in [0.15, 0.2) is 0 Å². The van der Waals surface area contributed by atoms with Gasteiger partial charge in [0, 0.05) is 19.3 Å². The summed E-state index contributed by atoms with van der Waals surface area (Å²) in [6.45, 7) is 7.63. The fourth-order valence-electron chi connectivity index (χ4n) is 2.18. The fourth-order valence-corrected chi connectivity index (χ4v) is 2.18. The molecule has 0 unspecified atom stereocenters. The Bertz CT molecular complexity index is 294. The van der Waals surface area contributed by atoms with Gasteiger partial charge in [-0.05, 0) is 19.4 Å². The molecule has 1 heterocycles. The van der Waals surface area contributed by atoms with Crippen molar-refractivity contribution in [2.45, 2.75) is 71.9 Å². The first kappa shape index (κ1) is 15.2. The molecule has 0 atom stereocenters. The third-order valence-electron chi connectivity index (χ3n) is 3.28. The van der Waals surface area contributed by atoms with Crippen LogP contribution in [0.25, 0.3) is 0 Å². The minimum absolute atomic E-state index is 0.953. The highest BCUT2D eigenvalue weighted by atomic mass is 15.1. The Morgan fingerprint density at radius 2 is 1.83 bits per heavy atom. The molecule has 3 heteroatoms. The number of hydrogen-bond acceptors (Lipinski definition) is 2. The molecule has 104 valence electrons. The van der Waals surface area contributed by atoms with E-state index in [1.807, 2.05) is 12.5 Å². The van der Waals surface area contributed by atoms with E-state index in [1.54, 1.807) is 0 Å². The third-order valence-corrected chi connectivity index (χ3v) is 3.28. The lowest BCUT2D eigenvalue weighted by molar-refractivity contribution is 0.555. The summed E-state index contributed by atoms with van der Waals surface area (Å²) >= 11 is 0. The normalized spacial score (nSPS) is 11.0. The highest BCUT2D eigenvalue weighted by Gasteiger charge is 2.00. The van der Waals surface area contributed by atoms with Crippen LogP contribution in [-0.4, -0.2) is 16.1 Å². The van der Waals surface area contributed by atoms with Gasteiger partial charge in [0.1, 0.15) is 0 Å². The lowest BCUT2D eigenvalue weighted by Gasteiger charge is -2.08. The van der Waals surface area contributed by atoms with E-state index in [1.165, 1.54) is 50.6 Å². The molecule has 1 rings (SSSR count). The van der Waals surface area contributed by atoms with Crippen LogP contribution in [-0.2, 0) is 13.1 Å². The zero-order chi connectivity index (χ0) is 13.1. The maximum atomic E-state index is 4.21. The number of imidazole rings is 1. The summed E-state index contributed by atoms with van der Waals surface area (Å²) in [5.74, 6) is 0. The monoisotopic (exact) mass is 251 g/mol. The zero-order valence-electron chi connectivity index (χ0n) is 12.1. The largest absolute Gasteiger partial charge is 0.333 e. The van der Waals surface area contributed by atoms with Gasteiger partial charge >= 0.3 is 0 Å². The predicted molar refractivity (Wildman–Crippen MR) is 77.6 cm³/mol. The summed E-state index contributed by atoms with van der Waals surface area (Å²) in [6, 6.07) is 0. The first-order valence-electron chi connectivity index (χ1n) is 7.58. The van der Waals surface area contributed by atoms with Gasteiger partial charge in [-0.1, -0.05) is 46.0 Å². The molecule has 18 heavy (non-hydrogen) atoms. The molecule has 0 amide bonds. The van der Waals surface area contributed by atoms with Gasteiger partial charge in [-0.3, -0.25) is 0 Å². The maximum absolute atomic E-state index is 4.21. The molecule has 0 saturated heterocycles. The molecule has 0 aliphatic heterocycles. The standard InChI is InChI=1S/C15H29N3/c1-3-5-6-7-8-9-10-16-12-15-13-17-14-18(15)11-4-2/h13-14,16H,3-12H2,1-2H3. The molecule has 3 nitrogen and oxygen atoms in total. The molecular weight excluding hydrogens is 222 g/mol. The average Bonchev–Trinajstić information content (AvgIpc) is 2.81. The van der Waals surface area contributed by atoms with Crippen LogP contribution < -0.4 is 5.32 Å². The number of nitrogens with one attached hydrogen (secondary N) is 1. The smallest absolute Gasteiger partial charge is 0.0948 e. The van der Waals surface area contributed by atoms with E-state index < -0.39 is 0 Å². The highest BCUT2D eigenvalue weighted by molar-refractivity contribution is 4.97. The molecule has 1 N–H and O–H groups in total. The molecule has 0 aliphatic carbocycles. The van der Waals surface area contributed by atoms with Crippen molar-refractivity contribution >= 4 is 0 Å². The summed E-state index contributed by atoms with van der Waals surface area (Å²) in [5.41, 5.74) is 1.31. The van der Waals surface area contributed by atoms with E-state index in [9.17, 15) is 0 Å². The maximum Gasteiger partial charge on any atom is 0.0948 e. The van der Waals surface area contributed by atoms with Crippen LogP contribution in [0.1, 0.15) is 64.5 Å². The second-order valence-corrected chi connectivity index (χ2v) is 5.02. The predicted octanol–water partition coefficient (Wildman–Crippen LogP) is 3.74. The Morgan fingerprint density at radius 1 is 1.06 bits per heavy atom. The number of aromatic nitrogens is 2. The molecule has 0 aliphatic rings. The molecule has 0 saturated carbocycles. The van der Waals surface area contributed by atoms with Crippen molar-refractivity contribution < 1.29 is 0 Å². The van der Waals surface area contributed by atoms with Crippen molar-refractivity contribution in [2.75, 3.05) is 6.54 Å². The van der Waals surface area contributed by atoms with Crippen molar-refractivity contribution in [2.24, 2.45) is 0 Å². The molecule has 0 aromatic carbocycles. The van der Waals surface area contributed by atoms with E-state index in [0.29, 0.717) is 0 Å². The van der Waals surface area contributed by atoms with Crippen LogP contribution in [0.2, 0.25) is 0 Å². The first-order chi connectivity index (χ1) is 8.88. The van der Waals surface area contributed by atoms with Crippen LogP contribution in [0, 0.1) is 0 Å². The van der Waals surface area contributed by atoms with E-state index in [0.717, 1.165) is 19.6 Å². The second-order valence-electron chi connectivity index (χ2n) is 5.02. The van der Waals surface area contributed by atoms with Crippen molar-refractivity contribution in [3.05, 3.63) is 18.2 Å². The fraction of sp³-hybridized carbons (Fsp3) is 0.800. The van der Waals surface area contributed by atoms with Crippen LogP contribution in [0.4, 0.5) is 0 Å². The summed E-state index contributed by atoms with van der Waals surface area (Å²) < 4.78 is 2.24. The first-order valence-corrected chi connectivity index (χ1v) is 7.58. The third kappa shape index (κ3) is 6.20. The minimum atomic E-state index is 0.953. The number of unbranched alkanes of at least 4 members (excludes halogenated alkanes) is 5. The molecule has 1 aromatic heterocycles. The lowest BCUT2D eigenvalue weighted by atomic mass is 10.1. The topological polar surface area (TPSA) is 29.9 Å². The van der Waals surface area contributed by atoms with Crippen LogP contribution in [0.15, 0.2) is 12.5 Å². The van der Waals surface area contributed by atoms with Gasteiger partial charge in [-0.2, -0.15) is 0 Å². The quantitative estimate of drug-likeness (QED) is 0.607. The van der Waals surface area contributed by atoms with Gasteiger partial charge in [0.25, 0.3) is 0 Å². The molecule has 0 fully saturated rings. The molecule has 0 bridgehead atoms. The Labute approximate surface area is 112 Å². The lowest BCUT2D eigenvalue weighted by Crippen LogP contribution is -2.17. The minimum Gasteiger partial charge on any atom is -0.333 e. The Hall–Kier alpha value is -0.830. The number of nitrogens with zero attached hydrogens (tertiary/aromatic N) is 2. The van der Waals surface area contributed by atoms with Crippen molar-refractivity contribution in [3.63, 3.8) is 0 Å². The number of rotatable bonds is 11. The van der Waals surface area contributed by atoms with Crippen molar-refractivity contribution in [1.29, 1.82) is 0 Å². The Morgan fingerprint density at radius 3 is 2.61 bits per heavy atom. The zero-order valence-corrected chi connectivity index (χ0v) is 12.1. The second kappa shape index (κ2) is 10.1. The van der Waals surface area contributed by atoms with E-state index in [4.69, 9.17) is 0 Å². The molecule has 1 aromatic rings. The summed E-state index contributed by atoms with van der Waals surface area (Å²) in [4.78, 5) is 4.21. The van der Waals surface area contributed by atoms with Crippen molar-refractivity contribution in [3.8, 4) is 0 Å². The van der Waals surface area contributed by atoms with E-state index in [2.05, 4.69) is 28.7 Å². The van der Waals surface area contributed by atoms with Gasteiger partial charge in [0.05, 0.1) is 12.0 Å². The number of aryl methyl sites for hydroxylation is 1. The average molecular weight is 251 g/mol. The van der Waals surface area contributed by atoms with Gasteiger partial charge < -0.3 is 9.88 Å². The Balaban J connectivity index is 2.01. The summed E-state index contributed by atoms with van der Waals surface area (Å²) in [6.07, 6.45) is 13.3. The van der Waals surface area contributed by atoms with E-state index >= 15 is 0 Å². The van der Waals surface area contributed by atoms with Crippen LogP contribution in [0.5, 0.6) is 0 Å². The van der Waals surface area contributed by atoms with Crippen molar-refractivity contribution in [1.82, 2.24) is 14.9 Å². The highest BCUT2D eigenvalue weighted by Crippen LogP contribution is 2.04. The van der Waals surface area contributed by atoms with Crippen LogP contribution >= 0.6 is 0 Å². The van der Waals surface area contributed by atoms with Gasteiger partial charge in [-0.25, -0.2) is 4.98 Å². The summed E-state index contributed by atoms with van der Waals surface area (Å²) in [7, 11) is 0. The molecule has 0 spiro atoms. The molecule has 0 radical (unpaired) electrons. The van der Waals surface area contributed by atoms with Gasteiger partial charge in [-0.15, -0.1) is 0 Å². The van der Waals surface area contributed by atoms with Gasteiger partial charge in [0.2, 0.25) is 0 Å². The van der Waals surface area contributed by atoms with E-state index in [-0.39, 0.29) is 0 Å². The summed E-state index contributed by atoms with van der Waals surface area (Å²) in [5, 5.41) is 3.52. The molecular formula is C15H29N3. The number of hydrogen-bond donors (Lipinski definition) is 1. The SMILES string of the molecule is CCCCCCCCNCc1cncn1CCC. The van der Waals surface area contributed by atoms with Crippen LogP contribution in [0.3, 0.4) is 0 Å².